The molecule has 3 heteroatoms. The maximum absolute atomic E-state index is 10.6. The van der Waals surface area contributed by atoms with Gasteiger partial charge in [0.05, 0.1) is 13.2 Å². The monoisotopic (exact) mass is 170 g/mol. The van der Waals surface area contributed by atoms with Gasteiger partial charge in [0, 0.05) is 18.8 Å². The van der Waals surface area contributed by atoms with Gasteiger partial charge in [-0.15, -0.1) is 0 Å². The molecule has 0 amide bonds. The van der Waals surface area contributed by atoms with E-state index in [1.807, 2.05) is 0 Å². The molecule has 0 N–H and O–H groups in total. The van der Waals surface area contributed by atoms with Crippen molar-refractivity contribution in [3.05, 3.63) is 0 Å². The smallest absolute Gasteiger partial charge is 0.169 e. The molecule has 1 heterocycles. The number of hydrogen-bond donors (Lipinski definition) is 0. The maximum Gasteiger partial charge on any atom is 0.169 e. The molecule has 0 aromatic rings. The lowest BCUT2D eigenvalue weighted by atomic mass is 9.86. The van der Waals surface area contributed by atoms with Crippen molar-refractivity contribution >= 4 is 6.29 Å². The van der Waals surface area contributed by atoms with Gasteiger partial charge >= 0.3 is 0 Å². The van der Waals surface area contributed by atoms with Crippen molar-refractivity contribution in [1.82, 2.24) is 0 Å². The molecule has 0 radical (unpaired) electrons. The molecule has 2 fully saturated rings. The summed E-state index contributed by atoms with van der Waals surface area (Å²) in [5, 5.41) is 0. The third kappa shape index (κ3) is 1.39. The number of rotatable bonds is 1. The molecule has 2 rings (SSSR count). The maximum atomic E-state index is 10.6. The zero-order valence-electron chi connectivity index (χ0n) is 7.12. The minimum absolute atomic E-state index is 0.150. The molecule has 0 aromatic heterocycles. The number of hydrogen-bond acceptors (Lipinski definition) is 3. The van der Waals surface area contributed by atoms with E-state index in [0.717, 1.165) is 32.0 Å². The van der Waals surface area contributed by atoms with Gasteiger partial charge in [0.25, 0.3) is 0 Å². The van der Waals surface area contributed by atoms with E-state index >= 15 is 0 Å². The van der Waals surface area contributed by atoms with E-state index in [1.165, 1.54) is 0 Å². The molecule has 68 valence electrons. The lowest BCUT2D eigenvalue weighted by Gasteiger charge is -2.33. The fourth-order valence-electron chi connectivity index (χ4n) is 2.11. The first-order valence-electron chi connectivity index (χ1n) is 4.58. The molecule has 1 atom stereocenters. The quantitative estimate of drug-likeness (QED) is 0.553. The highest BCUT2D eigenvalue weighted by atomic mass is 16.7. The van der Waals surface area contributed by atoms with E-state index in [4.69, 9.17) is 9.47 Å². The fraction of sp³-hybridized carbons (Fsp3) is 0.889. The molecule has 0 unspecified atom stereocenters. The van der Waals surface area contributed by atoms with Gasteiger partial charge < -0.3 is 14.3 Å². The van der Waals surface area contributed by atoms with Gasteiger partial charge in [-0.3, -0.25) is 0 Å². The Morgan fingerprint density at radius 2 is 2.08 bits per heavy atom. The van der Waals surface area contributed by atoms with E-state index < -0.39 is 0 Å². The molecule has 1 spiro atoms. The summed E-state index contributed by atoms with van der Waals surface area (Å²) in [5.74, 6) is -0.235. The molecule has 3 nitrogen and oxygen atoms in total. The van der Waals surface area contributed by atoms with Crippen LogP contribution in [0.3, 0.4) is 0 Å². The molecule has 12 heavy (non-hydrogen) atoms. The zero-order valence-corrected chi connectivity index (χ0v) is 7.12. The Hall–Kier alpha value is -0.410. The van der Waals surface area contributed by atoms with Crippen LogP contribution in [0.15, 0.2) is 0 Å². The number of carbonyl (C=O) groups is 1. The number of ether oxygens (including phenoxy) is 2. The van der Waals surface area contributed by atoms with Crippen LogP contribution in [0.5, 0.6) is 0 Å². The first kappa shape index (κ1) is 8.20. The summed E-state index contributed by atoms with van der Waals surface area (Å²) in [6.07, 6.45) is 4.79. The third-order valence-electron chi connectivity index (χ3n) is 2.71. The second-order valence-corrected chi connectivity index (χ2v) is 3.60. The summed E-state index contributed by atoms with van der Waals surface area (Å²) in [6.45, 7) is 1.37. The van der Waals surface area contributed by atoms with Gasteiger partial charge in [-0.25, -0.2) is 0 Å². The Bertz CT molecular complexity index is 173. The summed E-state index contributed by atoms with van der Waals surface area (Å²) in [4.78, 5) is 10.6. The molecule has 1 aliphatic heterocycles. The van der Waals surface area contributed by atoms with Crippen molar-refractivity contribution in [2.75, 3.05) is 13.2 Å². The standard InChI is InChI=1S/C9H14O3/c10-7-8-2-1-3-9(6-8)11-4-5-12-9/h7-8H,1-6H2/t8-/m0/s1. The second-order valence-electron chi connectivity index (χ2n) is 3.60. The molecule has 2 aliphatic rings. The topological polar surface area (TPSA) is 35.5 Å². The zero-order chi connectivity index (χ0) is 8.44. The minimum Gasteiger partial charge on any atom is -0.348 e. The Labute approximate surface area is 72.0 Å². The summed E-state index contributed by atoms with van der Waals surface area (Å²) < 4.78 is 11.1. The molecular formula is C9H14O3. The van der Waals surface area contributed by atoms with Crippen LogP contribution in [0, 0.1) is 5.92 Å². The Kier molecular flexibility index (Phi) is 2.15. The first-order chi connectivity index (χ1) is 5.85. The van der Waals surface area contributed by atoms with Crippen LogP contribution in [-0.4, -0.2) is 25.3 Å². The van der Waals surface area contributed by atoms with Gasteiger partial charge in [0.15, 0.2) is 5.79 Å². The van der Waals surface area contributed by atoms with Gasteiger partial charge in [-0.2, -0.15) is 0 Å². The summed E-state index contributed by atoms with van der Waals surface area (Å²) in [5.41, 5.74) is 0. The van der Waals surface area contributed by atoms with E-state index in [0.29, 0.717) is 13.2 Å². The van der Waals surface area contributed by atoms with Crippen LogP contribution in [0.25, 0.3) is 0 Å². The molecule has 0 bridgehead atoms. The van der Waals surface area contributed by atoms with Crippen molar-refractivity contribution < 1.29 is 14.3 Å². The van der Waals surface area contributed by atoms with Crippen LogP contribution >= 0.6 is 0 Å². The number of carbonyl (C=O) groups excluding carboxylic acids is 1. The van der Waals surface area contributed by atoms with E-state index in [2.05, 4.69) is 0 Å². The van der Waals surface area contributed by atoms with Crippen molar-refractivity contribution in [1.29, 1.82) is 0 Å². The van der Waals surface area contributed by atoms with Crippen LogP contribution < -0.4 is 0 Å². The van der Waals surface area contributed by atoms with E-state index in [9.17, 15) is 4.79 Å². The van der Waals surface area contributed by atoms with Gasteiger partial charge in [-0.1, -0.05) is 0 Å². The highest BCUT2D eigenvalue weighted by molar-refractivity contribution is 5.53. The van der Waals surface area contributed by atoms with Crippen molar-refractivity contribution in [3.63, 3.8) is 0 Å². The van der Waals surface area contributed by atoms with Gasteiger partial charge in [0.1, 0.15) is 6.29 Å². The highest BCUT2D eigenvalue weighted by Crippen LogP contribution is 2.37. The van der Waals surface area contributed by atoms with Crippen molar-refractivity contribution in [3.8, 4) is 0 Å². The van der Waals surface area contributed by atoms with E-state index in [1.54, 1.807) is 0 Å². The lowest BCUT2D eigenvalue weighted by Crippen LogP contribution is -2.36. The molecule has 1 saturated carbocycles. The fourth-order valence-corrected chi connectivity index (χ4v) is 2.11. The van der Waals surface area contributed by atoms with Crippen LogP contribution in [0.1, 0.15) is 25.7 Å². The van der Waals surface area contributed by atoms with Gasteiger partial charge in [-0.05, 0) is 12.8 Å². The van der Waals surface area contributed by atoms with Crippen LogP contribution in [0.2, 0.25) is 0 Å². The normalized spacial score (nSPS) is 33.8. The van der Waals surface area contributed by atoms with Crippen molar-refractivity contribution in [2.45, 2.75) is 31.5 Å². The first-order valence-corrected chi connectivity index (χ1v) is 4.58. The molecule has 1 aliphatic carbocycles. The predicted octanol–water partition coefficient (Wildman–Crippen LogP) is 1.12. The highest BCUT2D eigenvalue weighted by Gasteiger charge is 2.41. The predicted molar refractivity (Wildman–Crippen MR) is 42.7 cm³/mol. The summed E-state index contributed by atoms with van der Waals surface area (Å²) in [6, 6.07) is 0. The lowest BCUT2D eigenvalue weighted by molar-refractivity contribution is -0.186. The Balaban J connectivity index is 2.01. The Morgan fingerprint density at radius 1 is 1.33 bits per heavy atom. The Morgan fingerprint density at radius 3 is 2.75 bits per heavy atom. The molecule has 1 saturated heterocycles. The van der Waals surface area contributed by atoms with Gasteiger partial charge in [0.2, 0.25) is 0 Å². The summed E-state index contributed by atoms with van der Waals surface area (Å²) in [7, 11) is 0. The number of aldehydes is 1. The average Bonchev–Trinajstić information content (AvgIpc) is 2.53. The second kappa shape index (κ2) is 3.15. The van der Waals surface area contributed by atoms with Crippen LogP contribution in [-0.2, 0) is 14.3 Å². The van der Waals surface area contributed by atoms with Crippen LogP contribution in [0.4, 0.5) is 0 Å². The summed E-state index contributed by atoms with van der Waals surface area (Å²) >= 11 is 0. The SMILES string of the molecule is O=C[C@H]1CCCC2(C1)OCCO2. The molecular weight excluding hydrogens is 156 g/mol. The third-order valence-corrected chi connectivity index (χ3v) is 2.71. The van der Waals surface area contributed by atoms with E-state index in [-0.39, 0.29) is 11.7 Å². The average molecular weight is 170 g/mol. The largest absolute Gasteiger partial charge is 0.348 e. The minimum atomic E-state index is -0.385. The molecule has 0 aromatic carbocycles. The van der Waals surface area contributed by atoms with Crippen molar-refractivity contribution in [2.24, 2.45) is 5.92 Å².